The molecule has 0 amide bonds. The molecule has 4 unspecified atom stereocenters. The summed E-state index contributed by atoms with van der Waals surface area (Å²) in [5, 5.41) is 18.4. The van der Waals surface area contributed by atoms with E-state index in [0.29, 0.717) is 17.6 Å². The lowest BCUT2D eigenvalue weighted by Crippen LogP contribution is -2.45. The summed E-state index contributed by atoms with van der Waals surface area (Å²) < 4.78 is 23.9. The number of hydrogen-bond acceptors (Lipinski definition) is 7. The summed E-state index contributed by atoms with van der Waals surface area (Å²) in [7, 11) is -1.40. The van der Waals surface area contributed by atoms with Gasteiger partial charge in [0.2, 0.25) is 0 Å². The zero-order valence-corrected chi connectivity index (χ0v) is 25.4. The van der Waals surface area contributed by atoms with Crippen molar-refractivity contribution < 1.29 is 29.0 Å². The maximum Gasteiger partial charge on any atom is 0.392 e. The van der Waals surface area contributed by atoms with E-state index in [2.05, 4.69) is 13.8 Å². The first-order chi connectivity index (χ1) is 17.5. The van der Waals surface area contributed by atoms with Gasteiger partial charge in [0, 0.05) is 17.6 Å². The van der Waals surface area contributed by atoms with Crippen LogP contribution in [0.25, 0.3) is 0 Å². The molecular formula is C27H52O6PS2+. The third-order valence-corrected chi connectivity index (χ3v) is 10.5. The Hall–Kier alpha value is 0.150. The maximum absolute atomic E-state index is 11.7. The number of unbranched alkanes of at least 4 members (excludes halogenated alkanes) is 9. The number of aliphatic carboxylic acids is 1. The molecule has 9 heteroatoms. The molecule has 6 nitrogen and oxygen atoms in total. The van der Waals surface area contributed by atoms with E-state index < -0.39 is 25.2 Å². The molecule has 36 heavy (non-hydrogen) atoms. The second kappa shape index (κ2) is 22.0. The van der Waals surface area contributed by atoms with Crippen LogP contribution in [0, 0.1) is 0 Å². The normalized spacial score (nSPS) is 18.2. The minimum absolute atomic E-state index is 0.173. The van der Waals surface area contributed by atoms with Gasteiger partial charge in [0.25, 0.3) is 0 Å². The van der Waals surface area contributed by atoms with Gasteiger partial charge in [-0.15, -0.1) is 11.8 Å². The molecule has 1 saturated carbocycles. The summed E-state index contributed by atoms with van der Waals surface area (Å²) in [6.07, 6.45) is 19.1. The summed E-state index contributed by atoms with van der Waals surface area (Å²) in [6, 6.07) is 0. The molecule has 0 heterocycles. The van der Waals surface area contributed by atoms with Crippen molar-refractivity contribution in [1.82, 2.24) is 0 Å². The van der Waals surface area contributed by atoms with Crippen LogP contribution in [0.15, 0.2) is 0 Å². The molecule has 1 rings (SSSR count). The van der Waals surface area contributed by atoms with Gasteiger partial charge in [-0.3, -0.25) is 0 Å². The Labute approximate surface area is 230 Å². The van der Waals surface area contributed by atoms with Crippen LogP contribution in [0.3, 0.4) is 0 Å². The van der Waals surface area contributed by atoms with Crippen molar-refractivity contribution in [2.24, 2.45) is 0 Å². The molecule has 0 saturated heterocycles. The van der Waals surface area contributed by atoms with Crippen molar-refractivity contribution in [1.29, 1.82) is 0 Å². The van der Waals surface area contributed by atoms with Gasteiger partial charge >= 0.3 is 19.8 Å². The smallest absolute Gasteiger partial charge is 0.392 e. The second-order valence-corrected chi connectivity index (χ2v) is 13.4. The predicted octanol–water partition coefficient (Wildman–Crippen LogP) is 7.64. The molecule has 0 bridgehead atoms. The van der Waals surface area contributed by atoms with Crippen molar-refractivity contribution in [2.75, 3.05) is 24.7 Å². The third kappa shape index (κ3) is 14.9. The number of carbonyl (C=O) groups is 1. The SMILES string of the molecule is CCCCCCCCCCOC(COC(SCCCCC)C(O)([PH+]=O)C(=O)O)CSC1CCCCC1. The van der Waals surface area contributed by atoms with E-state index in [9.17, 15) is 19.6 Å². The summed E-state index contributed by atoms with van der Waals surface area (Å²) in [5.74, 6) is -0.0593. The molecule has 1 aliphatic rings. The standard InChI is InChI=1S/C27H51O6PS2/c1-3-5-7-8-9-10-11-15-19-32-23(22-36-24-17-13-12-14-18-24)21-33-26(35-20-16-6-4-2)27(30,34-31)25(28)29/h23-24,26,30H,3-22H2,1-2H3,(H,28,29)/p+1. The fraction of sp³-hybridized carbons (Fsp3) is 0.963. The molecule has 4 atom stereocenters. The van der Waals surface area contributed by atoms with Gasteiger partial charge in [-0.1, -0.05) is 95.5 Å². The molecule has 0 aromatic heterocycles. The molecule has 212 valence electrons. The van der Waals surface area contributed by atoms with E-state index in [-0.39, 0.29) is 12.7 Å². The Morgan fingerprint density at radius 3 is 2.17 bits per heavy atom. The van der Waals surface area contributed by atoms with Gasteiger partial charge in [-0.25, -0.2) is 4.79 Å². The first-order valence-electron chi connectivity index (χ1n) is 14.3. The molecule has 1 aliphatic carbocycles. The highest BCUT2D eigenvalue weighted by molar-refractivity contribution is 8.00. The van der Waals surface area contributed by atoms with Crippen molar-refractivity contribution in [3.8, 4) is 0 Å². The number of ether oxygens (including phenoxy) is 2. The van der Waals surface area contributed by atoms with Crippen LogP contribution in [0.4, 0.5) is 0 Å². The molecule has 1 fully saturated rings. The molecule has 0 aliphatic heterocycles. The van der Waals surface area contributed by atoms with E-state index in [0.717, 1.165) is 37.9 Å². The molecule has 2 N–H and O–H groups in total. The number of carboxylic acids is 1. The van der Waals surface area contributed by atoms with E-state index in [1.165, 1.54) is 82.4 Å². The van der Waals surface area contributed by atoms with Gasteiger partial charge < -0.3 is 19.7 Å². The Morgan fingerprint density at radius 1 is 0.944 bits per heavy atom. The second-order valence-electron chi connectivity index (χ2n) is 9.98. The van der Waals surface area contributed by atoms with Crippen LogP contribution in [-0.4, -0.2) is 63.0 Å². The Bertz CT molecular complexity index is 564. The van der Waals surface area contributed by atoms with Crippen LogP contribution in [-0.2, 0) is 18.8 Å². The molecule has 0 radical (unpaired) electrons. The van der Waals surface area contributed by atoms with Gasteiger partial charge in [0.05, 0.1) is 12.7 Å². The van der Waals surface area contributed by atoms with Crippen LogP contribution in [0.5, 0.6) is 0 Å². The Balaban J connectivity index is 2.60. The third-order valence-electron chi connectivity index (χ3n) is 6.69. The van der Waals surface area contributed by atoms with Gasteiger partial charge in [-0.2, -0.15) is 11.8 Å². The van der Waals surface area contributed by atoms with E-state index >= 15 is 0 Å². The number of rotatable bonds is 24. The molecular weight excluding hydrogens is 515 g/mol. The summed E-state index contributed by atoms with van der Waals surface area (Å²) in [4.78, 5) is 11.7. The highest BCUT2D eigenvalue weighted by Crippen LogP contribution is 2.35. The lowest BCUT2D eigenvalue weighted by atomic mass is 10.0. The predicted molar refractivity (Wildman–Crippen MR) is 155 cm³/mol. The zero-order valence-electron chi connectivity index (χ0n) is 22.7. The van der Waals surface area contributed by atoms with Crippen molar-refractivity contribution in [3.05, 3.63) is 0 Å². The monoisotopic (exact) mass is 567 g/mol. The molecule has 0 aromatic carbocycles. The minimum atomic E-state index is -2.41. The average molecular weight is 568 g/mol. The Kier molecular flexibility index (Phi) is 20.9. The summed E-state index contributed by atoms with van der Waals surface area (Å²) in [5.41, 5.74) is -1.09. The lowest BCUT2D eigenvalue weighted by Gasteiger charge is -2.27. The van der Waals surface area contributed by atoms with Crippen molar-refractivity contribution >= 4 is 38.0 Å². The number of thioether (sulfide) groups is 2. The van der Waals surface area contributed by atoms with Crippen LogP contribution >= 0.6 is 32.0 Å². The quantitative estimate of drug-likeness (QED) is 0.0698. The first-order valence-corrected chi connectivity index (χ1v) is 17.3. The van der Waals surface area contributed by atoms with Gasteiger partial charge in [0.1, 0.15) is 0 Å². The molecule has 0 aromatic rings. The number of carboxylic acid groups (broad SMARTS) is 1. The summed E-state index contributed by atoms with van der Waals surface area (Å²) in [6.45, 7) is 5.20. The number of hydrogen-bond donors (Lipinski definition) is 2. The van der Waals surface area contributed by atoms with Crippen LogP contribution in [0.2, 0.25) is 0 Å². The van der Waals surface area contributed by atoms with Crippen molar-refractivity contribution in [2.45, 2.75) is 139 Å². The fourth-order valence-electron chi connectivity index (χ4n) is 4.32. The average Bonchev–Trinajstić information content (AvgIpc) is 2.89. The van der Waals surface area contributed by atoms with E-state index in [4.69, 9.17) is 9.47 Å². The largest absolute Gasteiger partial charge is 0.476 e. The topological polar surface area (TPSA) is 93.1 Å². The lowest BCUT2D eigenvalue weighted by molar-refractivity contribution is -0.157. The highest BCUT2D eigenvalue weighted by atomic mass is 32.2. The van der Waals surface area contributed by atoms with Crippen LogP contribution in [0.1, 0.15) is 117 Å². The van der Waals surface area contributed by atoms with Crippen LogP contribution < -0.4 is 0 Å². The van der Waals surface area contributed by atoms with E-state index in [1.54, 1.807) is 0 Å². The highest BCUT2D eigenvalue weighted by Gasteiger charge is 2.55. The number of aliphatic hydroxyl groups is 1. The van der Waals surface area contributed by atoms with Gasteiger partial charge in [-0.05, 0) is 31.4 Å². The summed E-state index contributed by atoms with van der Waals surface area (Å²) >= 11 is 3.17. The Morgan fingerprint density at radius 2 is 1.56 bits per heavy atom. The minimum Gasteiger partial charge on any atom is -0.476 e. The fourth-order valence-corrected chi connectivity index (χ4v) is 7.43. The van der Waals surface area contributed by atoms with Crippen molar-refractivity contribution in [3.63, 3.8) is 0 Å². The molecule has 0 spiro atoms. The maximum atomic E-state index is 11.7. The zero-order chi connectivity index (χ0) is 26.5. The van der Waals surface area contributed by atoms with Gasteiger partial charge in [0.15, 0.2) is 5.44 Å². The van der Waals surface area contributed by atoms with E-state index in [1.807, 2.05) is 11.8 Å². The first kappa shape index (κ1) is 34.2.